The van der Waals surface area contributed by atoms with E-state index < -0.39 is 5.97 Å². The molecule has 1 saturated heterocycles. The lowest BCUT2D eigenvalue weighted by atomic mass is 9.86. The first-order valence-electron chi connectivity index (χ1n) is 10.7. The molecule has 30 heavy (non-hydrogen) atoms. The van der Waals surface area contributed by atoms with Crippen molar-refractivity contribution in [2.45, 2.75) is 45.1 Å². The highest BCUT2D eigenvalue weighted by Gasteiger charge is 2.28. The first-order valence-corrected chi connectivity index (χ1v) is 10.7. The average Bonchev–Trinajstić information content (AvgIpc) is 2.74. The van der Waals surface area contributed by atoms with E-state index in [4.69, 9.17) is 5.11 Å². The standard InChI is InChI=1S/C25H32N2O3/c1-25(2,3)21-11-9-20(10-12-21)24(30)27-17-15-26(16-18-27)22(13-14-23(28)29)19-7-5-4-6-8-19/h4-12,22H,13-18H2,1-3H3,(H,28,29)/t22-/m0/s1. The number of carboxylic acid groups (broad SMARTS) is 1. The maximum atomic E-state index is 13.0. The molecular formula is C25H32N2O3. The van der Waals surface area contributed by atoms with Gasteiger partial charge in [0.1, 0.15) is 0 Å². The number of amides is 1. The van der Waals surface area contributed by atoms with Crippen LogP contribution in [-0.2, 0) is 10.2 Å². The highest BCUT2D eigenvalue weighted by Crippen LogP contribution is 2.27. The number of carboxylic acids is 1. The molecule has 0 bridgehead atoms. The number of carbonyl (C=O) groups excluding carboxylic acids is 1. The third-order valence-electron chi connectivity index (χ3n) is 5.86. The van der Waals surface area contributed by atoms with Gasteiger partial charge >= 0.3 is 5.97 Å². The fraction of sp³-hybridized carbons (Fsp3) is 0.440. The maximum Gasteiger partial charge on any atom is 0.303 e. The predicted octanol–water partition coefficient (Wildman–Crippen LogP) is 4.35. The van der Waals surface area contributed by atoms with Crippen LogP contribution in [0, 0.1) is 0 Å². The van der Waals surface area contributed by atoms with Crippen molar-refractivity contribution in [3.8, 4) is 0 Å². The third-order valence-corrected chi connectivity index (χ3v) is 5.86. The molecule has 5 nitrogen and oxygen atoms in total. The van der Waals surface area contributed by atoms with Crippen molar-refractivity contribution in [1.29, 1.82) is 0 Å². The van der Waals surface area contributed by atoms with E-state index in [1.165, 1.54) is 5.56 Å². The molecule has 1 fully saturated rings. The van der Waals surface area contributed by atoms with Crippen LogP contribution in [0.1, 0.15) is 61.1 Å². The molecule has 1 aliphatic rings. The number of aliphatic carboxylic acids is 1. The monoisotopic (exact) mass is 408 g/mol. The molecule has 5 heteroatoms. The topological polar surface area (TPSA) is 60.9 Å². The number of rotatable bonds is 6. The van der Waals surface area contributed by atoms with Crippen LogP contribution in [0.5, 0.6) is 0 Å². The zero-order valence-corrected chi connectivity index (χ0v) is 18.2. The Kier molecular flexibility index (Phi) is 6.93. The lowest BCUT2D eigenvalue weighted by molar-refractivity contribution is -0.137. The molecule has 1 amide bonds. The molecule has 0 aliphatic carbocycles. The van der Waals surface area contributed by atoms with Gasteiger partial charge in [-0.05, 0) is 35.1 Å². The molecule has 0 radical (unpaired) electrons. The van der Waals surface area contributed by atoms with Gasteiger partial charge in [-0.1, -0.05) is 63.2 Å². The van der Waals surface area contributed by atoms with Crippen LogP contribution >= 0.6 is 0 Å². The van der Waals surface area contributed by atoms with Gasteiger partial charge in [-0.15, -0.1) is 0 Å². The summed E-state index contributed by atoms with van der Waals surface area (Å²) in [6, 6.07) is 18.1. The SMILES string of the molecule is CC(C)(C)c1ccc(C(=O)N2CCN([C@@H](CCC(=O)O)c3ccccc3)CC2)cc1. The predicted molar refractivity (Wildman–Crippen MR) is 119 cm³/mol. The van der Waals surface area contributed by atoms with Crippen molar-refractivity contribution in [1.82, 2.24) is 9.80 Å². The van der Waals surface area contributed by atoms with Crippen LogP contribution in [0.15, 0.2) is 54.6 Å². The lowest BCUT2D eigenvalue weighted by Crippen LogP contribution is -2.49. The zero-order chi connectivity index (χ0) is 21.7. The number of carbonyl (C=O) groups is 2. The molecule has 1 heterocycles. The van der Waals surface area contributed by atoms with E-state index in [0.29, 0.717) is 19.5 Å². The van der Waals surface area contributed by atoms with Crippen molar-refractivity contribution in [3.05, 3.63) is 71.3 Å². The molecule has 1 atom stereocenters. The first kappa shape index (κ1) is 22.0. The molecule has 0 aromatic heterocycles. The summed E-state index contributed by atoms with van der Waals surface area (Å²) in [4.78, 5) is 28.3. The van der Waals surface area contributed by atoms with E-state index >= 15 is 0 Å². The lowest BCUT2D eigenvalue weighted by Gasteiger charge is -2.39. The van der Waals surface area contributed by atoms with Crippen LogP contribution < -0.4 is 0 Å². The second kappa shape index (κ2) is 9.43. The van der Waals surface area contributed by atoms with E-state index in [-0.39, 0.29) is 23.8 Å². The first-order chi connectivity index (χ1) is 14.3. The summed E-state index contributed by atoms with van der Waals surface area (Å²) >= 11 is 0. The summed E-state index contributed by atoms with van der Waals surface area (Å²) < 4.78 is 0. The second-order valence-electron chi connectivity index (χ2n) is 9.01. The Bertz CT molecular complexity index is 848. The summed E-state index contributed by atoms with van der Waals surface area (Å²) in [6.07, 6.45) is 0.709. The van der Waals surface area contributed by atoms with Gasteiger partial charge in [-0.2, -0.15) is 0 Å². The second-order valence-corrected chi connectivity index (χ2v) is 9.01. The molecule has 2 aromatic rings. The molecule has 1 aliphatic heterocycles. The van der Waals surface area contributed by atoms with E-state index in [1.54, 1.807) is 0 Å². The number of piperazine rings is 1. The van der Waals surface area contributed by atoms with Crippen LogP contribution in [-0.4, -0.2) is 53.0 Å². The fourth-order valence-corrected chi connectivity index (χ4v) is 4.03. The number of nitrogens with zero attached hydrogens (tertiary/aromatic N) is 2. The van der Waals surface area contributed by atoms with E-state index in [0.717, 1.165) is 24.2 Å². The normalized spacial score (nSPS) is 16.3. The van der Waals surface area contributed by atoms with Crippen molar-refractivity contribution < 1.29 is 14.7 Å². The zero-order valence-electron chi connectivity index (χ0n) is 18.2. The molecule has 2 aromatic carbocycles. The van der Waals surface area contributed by atoms with Crippen LogP contribution in [0.4, 0.5) is 0 Å². The van der Waals surface area contributed by atoms with Gasteiger partial charge in [-0.25, -0.2) is 0 Å². The number of hydrogen-bond donors (Lipinski definition) is 1. The minimum absolute atomic E-state index is 0.0608. The summed E-state index contributed by atoms with van der Waals surface area (Å²) in [5.41, 5.74) is 3.14. The summed E-state index contributed by atoms with van der Waals surface area (Å²) in [6.45, 7) is 9.27. The molecule has 0 spiro atoms. The van der Waals surface area contributed by atoms with Crippen LogP contribution in [0.2, 0.25) is 0 Å². The Morgan fingerprint density at radius 1 is 0.933 bits per heavy atom. The molecule has 0 unspecified atom stereocenters. The highest BCUT2D eigenvalue weighted by molar-refractivity contribution is 5.94. The number of hydrogen-bond acceptors (Lipinski definition) is 3. The van der Waals surface area contributed by atoms with Crippen LogP contribution in [0.25, 0.3) is 0 Å². The molecule has 3 rings (SSSR count). The quantitative estimate of drug-likeness (QED) is 0.772. The average molecular weight is 409 g/mol. The van der Waals surface area contributed by atoms with Crippen molar-refractivity contribution in [2.75, 3.05) is 26.2 Å². The highest BCUT2D eigenvalue weighted by atomic mass is 16.4. The van der Waals surface area contributed by atoms with Gasteiger partial charge in [0, 0.05) is 44.2 Å². The Morgan fingerprint density at radius 3 is 2.07 bits per heavy atom. The summed E-state index contributed by atoms with van der Waals surface area (Å²) in [5.74, 6) is -0.708. The molecule has 160 valence electrons. The van der Waals surface area contributed by atoms with Gasteiger partial charge in [0.05, 0.1) is 0 Å². The van der Waals surface area contributed by atoms with Gasteiger partial charge in [-0.3, -0.25) is 14.5 Å². The minimum atomic E-state index is -0.775. The smallest absolute Gasteiger partial charge is 0.303 e. The minimum Gasteiger partial charge on any atom is -0.481 e. The molecule has 0 saturated carbocycles. The van der Waals surface area contributed by atoms with Crippen molar-refractivity contribution >= 4 is 11.9 Å². The van der Waals surface area contributed by atoms with Gasteiger partial charge in [0.15, 0.2) is 0 Å². The van der Waals surface area contributed by atoms with E-state index in [9.17, 15) is 9.59 Å². The van der Waals surface area contributed by atoms with Gasteiger partial charge < -0.3 is 10.0 Å². The maximum absolute atomic E-state index is 13.0. The van der Waals surface area contributed by atoms with Gasteiger partial charge in [0.25, 0.3) is 5.91 Å². The Morgan fingerprint density at radius 2 is 1.53 bits per heavy atom. The summed E-state index contributed by atoms with van der Waals surface area (Å²) in [7, 11) is 0. The number of benzene rings is 2. The molecular weight excluding hydrogens is 376 g/mol. The van der Waals surface area contributed by atoms with Gasteiger partial charge in [0.2, 0.25) is 0 Å². The van der Waals surface area contributed by atoms with E-state index in [2.05, 4.69) is 37.8 Å². The third kappa shape index (κ3) is 5.48. The summed E-state index contributed by atoms with van der Waals surface area (Å²) in [5, 5.41) is 9.15. The fourth-order valence-electron chi connectivity index (χ4n) is 4.03. The van der Waals surface area contributed by atoms with Crippen LogP contribution in [0.3, 0.4) is 0 Å². The Hall–Kier alpha value is -2.66. The molecule has 1 N–H and O–H groups in total. The largest absolute Gasteiger partial charge is 0.481 e. The van der Waals surface area contributed by atoms with Crippen molar-refractivity contribution in [3.63, 3.8) is 0 Å². The Balaban J connectivity index is 1.64. The Labute approximate surface area is 179 Å². The van der Waals surface area contributed by atoms with Crippen molar-refractivity contribution in [2.24, 2.45) is 0 Å². The van der Waals surface area contributed by atoms with E-state index in [1.807, 2.05) is 47.4 Å².